The molecule has 0 aromatic heterocycles. The van der Waals surface area contributed by atoms with Crippen LogP contribution in [0.25, 0.3) is 0 Å². The molecule has 1 aliphatic carbocycles. The molecule has 0 saturated heterocycles. The number of ether oxygens (including phenoxy) is 2. The van der Waals surface area contributed by atoms with E-state index in [2.05, 4.69) is 17.4 Å². The van der Waals surface area contributed by atoms with Gasteiger partial charge in [0.1, 0.15) is 0 Å². The van der Waals surface area contributed by atoms with E-state index in [0.717, 1.165) is 24.1 Å². The second kappa shape index (κ2) is 5.86. The van der Waals surface area contributed by atoms with E-state index in [9.17, 15) is 4.79 Å². The van der Waals surface area contributed by atoms with Gasteiger partial charge in [-0.2, -0.15) is 0 Å². The summed E-state index contributed by atoms with van der Waals surface area (Å²) in [4.78, 5) is 12.3. The molecule has 2 aromatic rings. The van der Waals surface area contributed by atoms with Gasteiger partial charge >= 0.3 is 0 Å². The zero-order valence-electron chi connectivity index (χ0n) is 14.0. The van der Waals surface area contributed by atoms with Crippen molar-refractivity contribution >= 4 is 11.6 Å². The van der Waals surface area contributed by atoms with E-state index in [1.54, 1.807) is 14.2 Å². The number of fused-ring (bicyclic) bond motifs is 2. The molecule has 124 valence electrons. The van der Waals surface area contributed by atoms with Gasteiger partial charge in [-0.15, -0.1) is 0 Å². The standard InChI is InChI=1S/C20H21NO3/c1-23-18-8-4-7-14(20(18)24-2)15-11-19(22)21-17-10-13-6-3-5-12(13)9-16(15)17/h4,7-10,15H,3,5-6,11H2,1-2H3,(H,21,22)/t15-/m0/s1. The maximum Gasteiger partial charge on any atom is 0.225 e. The lowest BCUT2D eigenvalue weighted by Crippen LogP contribution is -2.24. The van der Waals surface area contributed by atoms with Gasteiger partial charge in [0.25, 0.3) is 0 Å². The number of aryl methyl sites for hydroxylation is 2. The number of rotatable bonds is 3. The minimum Gasteiger partial charge on any atom is -0.493 e. The molecule has 1 atom stereocenters. The summed E-state index contributed by atoms with van der Waals surface area (Å²) < 4.78 is 11.0. The highest BCUT2D eigenvalue weighted by atomic mass is 16.5. The number of anilines is 1. The molecule has 1 amide bonds. The summed E-state index contributed by atoms with van der Waals surface area (Å²) in [7, 11) is 3.28. The Labute approximate surface area is 141 Å². The highest BCUT2D eigenvalue weighted by Gasteiger charge is 2.31. The predicted molar refractivity (Wildman–Crippen MR) is 93.1 cm³/mol. The number of benzene rings is 2. The summed E-state index contributed by atoms with van der Waals surface area (Å²) in [6.45, 7) is 0. The van der Waals surface area contributed by atoms with E-state index < -0.39 is 0 Å². The molecule has 4 rings (SSSR count). The maximum atomic E-state index is 12.3. The molecule has 0 fully saturated rings. The molecule has 24 heavy (non-hydrogen) atoms. The lowest BCUT2D eigenvalue weighted by molar-refractivity contribution is -0.116. The third kappa shape index (κ3) is 2.33. The molecule has 0 spiro atoms. The third-order valence-corrected chi connectivity index (χ3v) is 5.11. The molecule has 0 radical (unpaired) electrons. The molecular formula is C20H21NO3. The smallest absolute Gasteiger partial charge is 0.225 e. The van der Waals surface area contributed by atoms with Crippen molar-refractivity contribution in [3.05, 3.63) is 52.6 Å². The Hall–Kier alpha value is -2.49. The van der Waals surface area contributed by atoms with Crippen molar-refractivity contribution in [2.45, 2.75) is 31.6 Å². The predicted octanol–water partition coefficient (Wildman–Crippen LogP) is 3.67. The van der Waals surface area contributed by atoms with Gasteiger partial charge in [0.05, 0.1) is 14.2 Å². The Kier molecular flexibility index (Phi) is 3.68. The van der Waals surface area contributed by atoms with Crippen LogP contribution in [-0.4, -0.2) is 20.1 Å². The molecule has 2 aliphatic rings. The van der Waals surface area contributed by atoms with E-state index >= 15 is 0 Å². The van der Waals surface area contributed by atoms with Gasteiger partial charge in [-0.3, -0.25) is 4.79 Å². The summed E-state index contributed by atoms with van der Waals surface area (Å²) in [5.41, 5.74) is 5.92. The summed E-state index contributed by atoms with van der Waals surface area (Å²) in [5.74, 6) is 1.45. The average Bonchev–Trinajstić information content (AvgIpc) is 3.05. The lowest BCUT2D eigenvalue weighted by atomic mass is 9.82. The quantitative estimate of drug-likeness (QED) is 0.937. The molecular weight excluding hydrogens is 302 g/mol. The first-order valence-corrected chi connectivity index (χ1v) is 8.37. The monoisotopic (exact) mass is 323 g/mol. The fraction of sp³-hybridized carbons (Fsp3) is 0.350. The van der Waals surface area contributed by atoms with E-state index in [1.165, 1.54) is 23.1 Å². The fourth-order valence-electron chi connectivity index (χ4n) is 4.00. The van der Waals surface area contributed by atoms with Crippen LogP contribution >= 0.6 is 0 Å². The highest BCUT2D eigenvalue weighted by Crippen LogP contribution is 2.45. The van der Waals surface area contributed by atoms with Crippen LogP contribution in [0.1, 0.15) is 41.0 Å². The summed E-state index contributed by atoms with van der Waals surface area (Å²) in [6, 6.07) is 10.3. The Morgan fingerprint density at radius 1 is 1.04 bits per heavy atom. The summed E-state index contributed by atoms with van der Waals surface area (Å²) in [5, 5.41) is 3.04. The zero-order chi connectivity index (χ0) is 16.7. The number of carbonyl (C=O) groups excluding carboxylic acids is 1. The van der Waals surface area contributed by atoms with Gasteiger partial charge in [-0.1, -0.05) is 18.2 Å². The number of para-hydroxylation sites is 1. The van der Waals surface area contributed by atoms with Crippen molar-refractivity contribution in [3.63, 3.8) is 0 Å². The van der Waals surface area contributed by atoms with Crippen LogP contribution in [0.2, 0.25) is 0 Å². The first-order chi connectivity index (χ1) is 11.7. The first kappa shape index (κ1) is 15.1. The molecule has 0 unspecified atom stereocenters. The second-order valence-electron chi connectivity index (χ2n) is 6.45. The van der Waals surface area contributed by atoms with E-state index in [-0.39, 0.29) is 11.8 Å². The third-order valence-electron chi connectivity index (χ3n) is 5.11. The van der Waals surface area contributed by atoms with E-state index in [1.807, 2.05) is 18.2 Å². The number of hydrogen-bond donors (Lipinski definition) is 1. The van der Waals surface area contributed by atoms with Gasteiger partial charge < -0.3 is 14.8 Å². The maximum absolute atomic E-state index is 12.3. The number of carbonyl (C=O) groups is 1. The Bertz CT molecular complexity index is 813. The molecule has 1 N–H and O–H groups in total. The van der Waals surface area contributed by atoms with Crippen molar-refractivity contribution in [3.8, 4) is 11.5 Å². The van der Waals surface area contributed by atoms with E-state index in [4.69, 9.17) is 9.47 Å². The van der Waals surface area contributed by atoms with Gasteiger partial charge in [-0.25, -0.2) is 0 Å². The van der Waals surface area contributed by atoms with Gasteiger partial charge in [0.2, 0.25) is 5.91 Å². The van der Waals surface area contributed by atoms with Crippen LogP contribution in [0.3, 0.4) is 0 Å². The van der Waals surface area contributed by atoms with Gasteiger partial charge in [0.15, 0.2) is 11.5 Å². The number of nitrogens with one attached hydrogen (secondary N) is 1. The molecule has 4 heteroatoms. The molecule has 1 aliphatic heterocycles. The van der Waals surface area contributed by atoms with Crippen molar-refractivity contribution in [1.29, 1.82) is 0 Å². The highest BCUT2D eigenvalue weighted by molar-refractivity contribution is 5.95. The molecule has 0 saturated carbocycles. The largest absolute Gasteiger partial charge is 0.493 e. The summed E-state index contributed by atoms with van der Waals surface area (Å²) in [6.07, 6.45) is 3.85. The van der Waals surface area contributed by atoms with Gasteiger partial charge in [0, 0.05) is 23.6 Å². The molecule has 2 aromatic carbocycles. The Morgan fingerprint density at radius 3 is 2.58 bits per heavy atom. The number of hydrogen-bond acceptors (Lipinski definition) is 3. The first-order valence-electron chi connectivity index (χ1n) is 8.37. The molecule has 4 nitrogen and oxygen atoms in total. The van der Waals surface area contributed by atoms with Crippen molar-refractivity contribution in [2.24, 2.45) is 0 Å². The van der Waals surface area contributed by atoms with Crippen LogP contribution in [0, 0.1) is 0 Å². The summed E-state index contributed by atoms with van der Waals surface area (Å²) >= 11 is 0. The van der Waals surface area contributed by atoms with Crippen molar-refractivity contribution in [2.75, 3.05) is 19.5 Å². The number of amides is 1. The number of methoxy groups -OCH3 is 2. The van der Waals surface area contributed by atoms with Crippen LogP contribution in [0.15, 0.2) is 30.3 Å². The van der Waals surface area contributed by atoms with Gasteiger partial charge in [-0.05, 0) is 48.1 Å². The van der Waals surface area contributed by atoms with Crippen molar-refractivity contribution in [1.82, 2.24) is 0 Å². The lowest BCUT2D eigenvalue weighted by Gasteiger charge is -2.28. The van der Waals surface area contributed by atoms with Crippen molar-refractivity contribution < 1.29 is 14.3 Å². The van der Waals surface area contributed by atoms with E-state index in [0.29, 0.717) is 17.9 Å². The molecule has 0 bridgehead atoms. The van der Waals surface area contributed by atoms with Crippen LogP contribution in [-0.2, 0) is 17.6 Å². The van der Waals surface area contributed by atoms with Crippen LogP contribution < -0.4 is 14.8 Å². The molecule has 1 heterocycles. The zero-order valence-corrected chi connectivity index (χ0v) is 14.0. The second-order valence-corrected chi connectivity index (χ2v) is 6.45. The normalized spacial score (nSPS) is 18.6. The van der Waals surface area contributed by atoms with Crippen LogP contribution in [0.5, 0.6) is 11.5 Å². The minimum atomic E-state index is -0.00954. The fourth-order valence-corrected chi connectivity index (χ4v) is 4.00. The topological polar surface area (TPSA) is 47.6 Å². The Balaban J connectivity index is 1.87. The SMILES string of the molecule is COc1cccc([C@@H]2CC(=O)Nc3cc4c(cc32)CCC4)c1OC. The Morgan fingerprint density at radius 2 is 1.83 bits per heavy atom. The van der Waals surface area contributed by atoms with Crippen LogP contribution in [0.4, 0.5) is 5.69 Å². The average molecular weight is 323 g/mol. The minimum absolute atomic E-state index is 0.00954.